The minimum absolute atomic E-state index is 0.0718. The molecule has 52 valence electrons. The highest BCUT2D eigenvalue weighted by molar-refractivity contribution is 9.18. The molecule has 0 N–H and O–H groups in total. The normalized spacial score (nSPS) is 9.40. The van der Waals surface area contributed by atoms with Crippen molar-refractivity contribution in [3.05, 3.63) is 35.6 Å². The van der Waals surface area contributed by atoms with Crippen LogP contribution in [0.1, 0.15) is 10.4 Å². The number of rotatable bonds is 1. The van der Waals surface area contributed by atoms with E-state index in [0.717, 1.165) is 0 Å². The molecule has 0 atom stereocenters. The van der Waals surface area contributed by atoms with Crippen molar-refractivity contribution < 1.29 is 9.18 Å². The van der Waals surface area contributed by atoms with Gasteiger partial charge in [0.1, 0.15) is 5.82 Å². The van der Waals surface area contributed by atoms with Crippen LogP contribution in [0.4, 0.5) is 4.39 Å². The maximum atomic E-state index is 12.6. The monoisotopic (exact) mass is 202 g/mol. The lowest BCUT2D eigenvalue weighted by molar-refractivity contribution is 0.109. The van der Waals surface area contributed by atoms with Gasteiger partial charge in [-0.1, -0.05) is 12.1 Å². The van der Waals surface area contributed by atoms with E-state index in [1.807, 2.05) is 0 Å². The fraction of sp³-hybridized carbons (Fsp3) is 0. The zero-order valence-corrected chi connectivity index (χ0v) is 6.56. The van der Waals surface area contributed by atoms with Gasteiger partial charge in [0.25, 0.3) is 0 Å². The predicted molar refractivity (Wildman–Crippen MR) is 39.7 cm³/mol. The molecule has 0 unspecified atom stereocenters. The number of carbonyl (C=O) groups is 1. The van der Waals surface area contributed by atoms with Crippen LogP contribution in [0.25, 0.3) is 0 Å². The van der Waals surface area contributed by atoms with Crippen molar-refractivity contribution in [1.82, 2.24) is 0 Å². The molecule has 0 spiro atoms. The first kappa shape index (κ1) is 7.41. The molecule has 0 bridgehead atoms. The van der Waals surface area contributed by atoms with Crippen LogP contribution in [-0.2, 0) is 0 Å². The fourth-order valence-corrected chi connectivity index (χ4v) is 0.942. The van der Waals surface area contributed by atoms with Crippen molar-refractivity contribution in [1.29, 1.82) is 0 Å². The molecule has 0 amide bonds. The number of benzene rings is 1. The van der Waals surface area contributed by atoms with Crippen LogP contribution in [0, 0.1) is 5.82 Å². The number of hydrogen-bond donors (Lipinski definition) is 0. The van der Waals surface area contributed by atoms with E-state index < -0.39 is 10.5 Å². The largest absolute Gasteiger partial charge is 0.281 e. The summed E-state index contributed by atoms with van der Waals surface area (Å²) in [6.45, 7) is 0. The maximum absolute atomic E-state index is 12.6. The molecule has 1 rings (SSSR count). The van der Waals surface area contributed by atoms with Crippen molar-refractivity contribution in [2.24, 2.45) is 0 Å². The van der Waals surface area contributed by atoms with Crippen molar-refractivity contribution in [3.8, 4) is 0 Å². The molecule has 10 heavy (non-hydrogen) atoms. The third-order valence-electron chi connectivity index (χ3n) is 1.09. The minimum Gasteiger partial charge on any atom is -0.281 e. The lowest BCUT2D eigenvalue weighted by atomic mass is 10.2. The highest BCUT2D eigenvalue weighted by Crippen LogP contribution is 2.09. The molecular formula is C7H4BrFO. The van der Waals surface area contributed by atoms with Gasteiger partial charge in [-0.3, -0.25) is 4.79 Å². The SMILES string of the molecule is O=C(Br)c1ccccc1F. The highest BCUT2D eigenvalue weighted by atomic mass is 79.9. The summed E-state index contributed by atoms with van der Waals surface area (Å²) < 4.78 is 12.2. The summed E-state index contributed by atoms with van der Waals surface area (Å²) in [5.41, 5.74) is 0.0718. The summed E-state index contributed by atoms with van der Waals surface area (Å²) in [4.78, 5) is 10.5. The number of hydrogen-bond acceptors (Lipinski definition) is 1. The summed E-state index contributed by atoms with van der Waals surface area (Å²) in [7, 11) is 0. The van der Waals surface area contributed by atoms with Gasteiger partial charge in [-0.15, -0.1) is 0 Å². The van der Waals surface area contributed by atoms with Gasteiger partial charge in [0.2, 0.25) is 4.69 Å². The van der Waals surface area contributed by atoms with E-state index >= 15 is 0 Å². The van der Waals surface area contributed by atoms with Crippen LogP contribution in [0.2, 0.25) is 0 Å². The first-order chi connectivity index (χ1) is 4.72. The van der Waals surface area contributed by atoms with E-state index in [4.69, 9.17) is 0 Å². The third kappa shape index (κ3) is 1.42. The Morgan fingerprint density at radius 3 is 2.40 bits per heavy atom. The molecule has 1 aromatic rings. The van der Waals surface area contributed by atoms with E-state index in [1.165, 1.54) is 18.2 Å². The van der Waals surface area contributed by atoms with Crippen molar-refractivity contribution >= 4 is 20.6 Å². The molecule has 0 aliphatic rings. The smallest absolute Gasteiger partial charge is 0.230 e. The summed E-state index contributed by atoms with van der Waals surface area (Å²) in [6.07, 6.45) is 0. The molecule has 3 heteroatoms. The zero-order chi connectivity index (χ0) is 7.56. The Morgan fingerprint density at radius 2 is 2.00 bits per heavy atom. The van der Waals surface area contributed by atoms with E-state index in [0.29, 0.717) is 0 Å². The van der Waals surface area contributed by atoms with Gasteiger partial charge in [0.15, 0.2) is 0 Å². The molecular weight excluding hydrogens is 199 g/mol. The molecule has 0 saturated heterocycles. The van der Waals surface area contributed by atoms with Crippen LogP contribution in [0.15, 0.2) is 24.3 Å². The summed E-state index contributed by atoms with van der Waals surface area (Å²) >= 11 is 2.65. The Labute approximate surface area is 66.0 Å². The molecule has 1 nitrogen and oxygen atoms in total. The Kier molecular flexibility index (Phi) is 2.17. The van der Waals surface area contributed by atoms with Gasteiger partial charge < -0.3 is 0 Å². The quantitative estimate of drug-likeness (QED) is 0.640. The van der Waals surface area contributed by atoms with E-state index in [9.17, 15) is 9.18 Å². The summed E-state index contributed by atoms with van der Waals surface area (Å²) in [5, 5.41) is 0. The summed E-state index contributed by atoms with van der Waals surface area (Å²) in [5.74, 6) is -0.496. The molecule has 0 aliphatic heterocycles. The van der Waals surface area contributed by atoms with Gasteiger partial charge in [0.05, 0.1) is 5.56 Å². The Hall–Kier alpha value is -0.700. The summed E-state index contributed by atoms with van der Waals surface area (Å²) in [6, 6.07) is 5.81. The topological polar surface area (TPSA) is 17.1 Å². The molecule has 0 aromatic heterocycles. The van der Waals surface area contributed by atoms with Crippen LogP contribution in [-0.4, -0.2) is 4.69 Å². The molecule has 1 aromatic carbocycles. The first-order valence-electron chi connectivity index (χ1n) is 2.66. The maximum Gasteiger partial charge on any atom is 0.230 e. The van der Waals surface area contributed by atoms with E-state index in [1.54, 1.807) is 6.07 Å². The zero-order valence-electron chi connectivity index (χ0n) is 4.97. The number of carbonyl (C=O) groups excluding carboxylic acids is 1. The van der Waals surface area contributed by atoms with Crippen molar-refractivity contribution in [3.63, 3.8) is 0 Å². The van der Waals surface area contributed by atoms with Gasteiger partial charge in [-0.05, 0) is 28.1 Å². The third-order valence-corrected chi connectivity index (χ3v) is 1.51. The van der Waals surface area contributed by atoms with Crippen molar-refractivity contribution in [2.45, 2.75) is 0 Å². The van der Waals surface area contributed by atoms with Crippen molar-refractivity contribution in [2.75, 3.05) is 0 Å². The lowest BCUT2D eigenvalue weighted by Gasteiger charge is -1.92. The van der Waals surface area contributed by atoms with Crippen LogP contribution < -0.4 is 0 Å². The Balaban J connectivity index is 3.15. The average molecular weight is 203 g/mol. The molecule has 0 saturated carbocycles. The first-order valence-corrected chi connectivity index (χ1v) is 3.45. The Morgan fingerprint density at radius 1 is 1.40 bits per heavy atom. The van der Waals surface area contributed by atoms with Gasteiger partial charge in [-0.2, -0.15) is 0 Å². The molecule has 0 heterocycles. The van der Waals surface area contributed by atoms with Gasteiger partial charge >= 0.3 is 0 Å². The second-order valence-electron chi connectivity index (χ2n) is 1.75. The van der Waals surface area contributed by atoms with Crippen LogP contribution in [0.3, 0.4) is 0 Å². The second kappa shape index (κ2) is 2.92. The van der Waals surface area contributed by atoms with E-state index in [-0.39, 0.29) is 5.56 Å². The minimum atomic E-state index is -0.496. The van der Waals surface area contributed by atoms with E-state index in [2.05, 4.69) is 15.9 Å². The van der Waals surface area contributed by atoms with Crippen LogP contribution in [0.5, 0.6) is 0 Å². The molecule has 0 fully saturated rings. The molecule has 0 aliphatic carbocycles. The lowest BCUT2D eigenvalue weighted by Crippen LogP contribution is -1.91. The Bertz CT molecular complexity index is 260. The highest BCUT2D eigenvalue weighted by Gasteiger charge is 2.05. The fourth-order valence-electron chi connectivity index (χ4n) is 0.621. The second-order valence-corrected chi connectivity index (χ2v) is 2.47. The average Bonchev–Trinajstić information content (AvgIpc) is 1.88. The van der Waals surface area contributed by atoms with Gasteiger partial charge in [-0.25, -0.2) is 4.39 Å². The van der Waals surface area contributed by atoms with Gasteiger partial charge in [0, 0.05) is 0 Å². The predicted octanol–water partition coefficient (Wildman–Crippen LogP) is 2.36. The molecule has 0 radical (unpaired) electrons. The van der Waals surface area contributed by atoms with Crippen LogP contribution >= 0.6 is 15.9 Å². The standard InChI is InChI=1S/C7H4BrFO/c8-7(10)5-3-1-2-4-6(5)9/h1-4H. The number of halogens is 2.